The number of hydrogen-bond acceptors (Lipinski definition) is 4. The van der Waals surface area contributed by atoms with Crippen molar-refractivity contribution in [2.24, 2.45) is 0 Å². The first-order valence-corrected chi connectivity index (χ1v) is 8.72. The van der Waals surface area contributed by atoms with E-state index >= 15 is 0 Å². The van der Waals surface area contributed by atoms with Crippen molar-refractivity contribution >= 4 is 23.1 Å². The zero-order valence-electron chi connectivity index (χ0n) is 14.1. The number of anilines is 1. The Kier molecular flexibility index (Phi) is 5.30. The largest absolute Gasteiger partial charge is 0.497 e. The highest BCUT2D eigenvalue weighted by Crippen LogP contribution is 2.24. The SMILES string of the molecule is COc1ccc(NC(=O)NCc2cccc(-c3nc(C)cs3)c2)cc1. The van der Waals surface area contributed by atoms with Crippen molar-refractivity contribution in [2.75, 3.05) is 12.4 Å². The molecule has 0 bridgehead atoms. The fourth-order valence-electron chi connectivity index (χ4n) is 2.33. The lowest BCUT2D eigenvalue weighted by atomic mass is 10.1. The summed E-state index contributed by atoms with van der Waals surface area (Å²) in [5.41, 5.74) is 3.82. The van der Waals surface area contributed by atoms with Crippen LogP contribution in [0.2, 0.25) is 0 Å². The summed E-state index contributed by atoms with van der Waals surface area (Å²) < 4.78 is 5.10. The maximum absolute atomic E-state index is 12.0. The van der Waals surface area contributed by atoms with Crippen molar-refractivity contribution in [3.8, 4) is 16.3 Å². The van der Waals surface area contributed by atoms with Gasteiger partial charge in [-0.25, -0.2) is 9.78 Å². The van der Waals surface area contributed by atoms with Gasteiger partial charge in [0.2, 0.25) is 0 Å². The van der Waals surface area contributed by atoms with E-state index in [1.165, 1.54) is 0 Å². The molecule has 25 heavy (non-hydrogen) atoms. The number of urea groups is 1. The molecule has 2 N–H and O–H groups in total. The molecule has 1 aromatic heterocycles. The number of aromatic nitrogens is 1. The molecule has 6 heteroatoms. The number of carbonyl (C=O) groups excluding carboxylic acids is 1. The second-order valence-corrected chi connectivity index (χ2v) is 6.39. The third kappa shape index (κ3) is 4.58. The number of ether oxygens (including phenoxy) is 1. The van der Waals surface area contributed by atoms with E-state index in [2.05, 4.69) is 15.6 Å². The molecule has 1 heterocycles. The third-order valence-electron chi connectivity index (χ3n) is 3.59. The lowest BCUT2D eigenvalue weighted by Gasteiger charge is -2.09. The molecule has 0 saturated carbocycles. The van der Waals surface area contributed by atoms with Crippen LogP contribution in [0.4, 0.5) is 10.5 Å². The summed E-state index contributed by atoms with van der Waals surface area (Å²) >= 11 is 1.62. The van der Waals surface area contributed by atoms with Gasteiger partial charge in [-0.05, 0) is 42.8 Å². The Hall–Kier alpha value is -2.86. The number of nitrogens with one attached hydrogen (secondary N) is 2. The highest BCUT2D eigenvalue weighted by atomic mass is 32.1. The van der Waals surface area contributed by atoms with Crippen LogP contribution in [0.5, 0.6) is 5.75 Å². The molecular weight excluding hydrogens is 334 g/mol. The van der Waals surface area contributed by atoms with Crippen LogP contribution in [0.3, 0.4) is 0 Å². The molecule has 0 atom stereocenters. The number of nitrogens with zero attached hydrogens (tertiary/aromatic N) is 1. The molecule has 0 radical (unpaired) electrons. The number of thiazole rings is 1. The smallest absolute Gasteiger partial charge is 0.319 e. The summed E-state index contributed by atoms with van der Waals surface area (Å²) in [6, 6.07) is 15.0. The van der Waals surface area contributed by atoms with Gasteiger partial charge in [-0.15, -0.1) is 11.3 Å². The number of amides is 2. The third-order valence-corrected chi connectivity index (χ3v) is 4.60. The summed E-state index contributed by atoms with van der Waals surface area (Å²) in [5.74, 6) is 0.750. The molecule has 0 aliphatic rings. The van der Waals surface area contributed by atoms with E-state index in [9.17, 15) is 4.79 Å². The molecule has 0 aliphatic carbocycles. The van der Waals surface area contributed by atoms with Gasteiger partial charge in [0, 0.05) is 28.9 Å². The van der Waals surface area contributed by atoms with Crippen LogP contribution in [0.1, 0.15) is 11.3 Å². The predicted octanol–water partition coefficient (Wildman–Crippen LogP) is 4.45. The molecule has 5 nitrogen and oxygen atoms in total. The summed E-state index contributed by atoms with van der Waals surface area (Å²) in [4.78, 5) is 16.5. The molecule has 0 saturated heterocycles. The highest BCUT2D eigenvalue weighted by molar-refractivity contribution is 7.13. The lowest BCUT2D eigenvalue weighted by molar-refractivity contribution is 0.251. The van der Waals surface area contributed by atoms with E-state index in [0.717, 1.165) is 27.6 Å². The Bertz CT molecular complexity index is 859. The Labute approximate surface area is 150 Å². The Morgan fingerprint density at radius 3 is 2.68 bits per heavy atom. The molecule has 0 spiro atoms. The summed E-state index contributed by atoms with van der Waals surface area (Å²) in [6.07, 6.45) is 0. The number of methoxy groups -OCH3 is 1. The lowest BCUT2D eigenvalue weighted by Crippen LogP contribution is -2.28. The molecule has 2 amide bonds. The normalized spacial score (nSPS) is 10.3. The van der Waals surface area contributed by atoms with Crippen LogP contribution in [0, 0.1) is 6.92 Å². The van der Waals surface area contributed by atoms with Gasteiger partial charge in [-0.2, -0.15) is 0 Å². The van der Waals surface area contributed by atoms with Crippen molar-refractivity contribution < 1.29 is 9.53 Å². The number of hydrogen-bond donors (Lipinski definition) is 2. The van der Waals surface area contributed by atoms with E-state index < -0.39 is 0 Å². The maximum atomic E-state index is 12.0. The molecule has 2 aromatic carbocycles. The van der Waals surface area contributed by atoms with E-state index in [4.69, 9.17) is 4.74 Å². The van der Waals surface area contributed by atoms with Crippen LogP contribution in [0.25, 0.3) is 10.6 Å². The fourth-order valence-corrected chi connectivity index (χ4v) is 3.13. The van der Waals surface area contributed by atoms with Gasteiger partial charge in [0.05, 0.1) is 7.11 Å². The quantitative estimate of drug-likeness (QED) is 0.712. The Morgan fingerprint density at radius 1 is 1.20 bits per heavy atom. The van der Waals surface area contributed by atoms with Gasteiger partial charge in [-0.3, -0.25) is 0 Å². The van der Waals surface area contributed by atoms with Crippen molar-refractivity contribution in [3.05, 3.63) is 65.2 Å². The molecule has 0 aliphatic heterocycles. The van der Waals surface area contributed by atoms with Crippen LogP contribution >= 0.6 is 11.3 Å². The average Bonchev–Trinajstić information content (AvgIpc) is 3.07. The number of rotatable bonds is 5. The van der Waals surface area contributed by atoms with E-state index in [1.807, 2.05) is 36.6 Å². The average molecular weight is 353 g/mol. The zero-order chi connectivity index (χ0) is 17.6. The minimum absolute atomic E-state index is 0.249. The summed E-state index contributed by atoms with van der Waals surface area (Å²) in [5, 5.41) is 8.68. The van der Waals surface area contributed by atoms with Gasteiger partial charge in [0.25, 0.3) is 0 Å². The Morgan fingerprint density at radius 2 is 2.00 bits per heavy atom. The van der Waals surface area contributed by atoms with Crippen molar-refractivity contribution in [1.29, 1.82) is 0 Å². The first kappa shape index (κ1) is 17.0. The first-order valence-electron chi connectivity index (χ1n) is 7.84. The summed E-state index contributed by atoms with van der Waals surface area (Å²) in [7, 11) is 1.61. The minimum atomic E-state index is -0.249. The molecule has 0 fully saturated rings. The van der Waals surface area contributed by atoms with Gasteiger partial charge in [-0.1, -0.05) is 18.2 Å². The monoisotopic (exact) mass is 353 g/mol. The van der Waals surface area contributed by atoms with E-state index in [1.54, 1.807) is 42.7 Å². The number of benzene rings is 2. The second-order valence-electron chi connectivity index (χ2n) is 5.53. The zero-order valence-corrected chi connectivity index (χ0v) is 14.9. The molecular formula is C19H19N3O2S. The van der Waals surface area contributed by atoms with Crippen LogP contribution < -0.4 is 15.4 Å². The standard InChI is InChI=1S/C19H19N3O2S/c1-13-12-25-18(21-13)15-5-3-4-14(10-15)11-20-19(23)22-16-6-8-17(24-2)9-7-16/h3-10,12H,11H2,1-2H3,(H2,20,22,23). The van der Waals surface area contributed by atoms with Gasteiger partial charge >= 0.3 is 6.03 Å². The summed E-state index contributed by atoms with van der Waals surface area (Å²) in [6.45, 7) is 2.43. The first-order chi connectivity index (χ1) is 12.1. The fraction of sp³-hybridized carbons (Fsp3) is 0.158. The molecule has 0 unspecified atom stereocenters. The minimum Gasteiger partial charge on any atom is -0.497 e. The van der Waals surface area contributed by atoms with E-state index in [0.29, 0.717) is 12.2 Å². The van der Waals surface area contributed by atoms with Gasteiger partial charge < -0.3 is 15.4 Å². The maximum Gasteiger partial charge on any atom is 0.319 e. The van der Waals surface area contributed by atoms with Crippen molar-refractivity contribution in [3.63, 3.8) is 0 Å². The molecule has 3 rings (SSSR count). The topological polar surface area (TPSA) is 63.2 Å². The van der Waals surface area contributed by atoms with Gasteiger partial charge in [0.1, 0.15) is 10.8 Å². The van der Waals surface area contributed by atoms with Gasteiger partial charge in [0.15, 0.2) is 0 Å². The number of carbonyl (C=O) groups is 1. The van der Waals surface area contributed by atoms with Crippen molar-refractivity contribution in [1.82, 2.24) is 10.3 Å². The molecule has 3 aromatic rings. The predicted molar refractivity (Wildman–Crippen MR) is 101 cm³/mol. The molecule has 128 valence electrons. The van der Waals surface area contributed by atoms with Crippen LogP contribution in [-0.4, -0.2) is 18.1 Å². The second kappa shape index (κ2) is 7.81. The van der Waals surface area contributed by atoms with Crippen molar-refractivity contribution in [2.45, 2.75) is 13.5 Å². The Balaban J connectivity index is 1.58. The van der Waals surface area contributed by atoms with E-state index in [-0.39, 0.29) is 6.03 Å². The van der Waals surface area contributed by atoms with Crippen LogP contribution in [0.15, 0.2) is 53.9 Å². The highest BCUT2D eigenvalue weighted by Gasteiger charge is 2.05. The van der Waals surface area contributed by atoms with Crippen LogP contribution in [-0.2, 0) is 6.54 Å². The number of aryl methyl sites for hydroxylation is 1.